The molecule has 1 aromatic heterocycles. The third-order valence-electron chi connectivity index (χ3n) is 9.15. The molecule has 8 aromatic carbocycles. The molecule has 0 amide bonds. The third kappa shape index (κ3) is 4.07. The molecule has 9 aromatic rings. The minimum atomic E-state index is -0.0111. The molecular formula is C43H27NO. The summed E-state index contributed by atoms with van der Waals surface area (Å²) in [5.41, 5.74) is 6.41. The Kier molecular flexibility index (Phi) is 5.69. The molecule has 210 valence electrons. The second kappa shape index (κ2) is 10.0. The maximum atomic E-state index is 14.3. The quantitative estimate of drug-likeness (QED) is 0.152. The molecule has 0 spiro atoms. The number of hydrogen-bond acceptors (Lipinski definition) is 1. The lowest BCUT2D eigenvalue weighted by atomic mass is 9.96. The first kappa shape index (κ1) is 25.5. The van der Waals surface area contributed by atoms with Gasteiger partial charge in [-0.1, -0.05) is 121 Å². The van der Waals surface area contributed by atoms with E-state index in [-0.39, 0.29) is 5.56 Å². The Hall–Kier alpha value is -5.99. The van der Waals surface area contributed by atoms with Crippen LogP contribution in [-0.2, 0) is 0 Å². The van der Waals surface area contributed by atoms with E-state index in [1.165, 1.54) is 32.7 Å². The second-order valence-corrected chi connectivity index (χ2v) is 11.7. The van der Waals surface area contributed by atoms with Crippen molar-refractivity contribution in [1.82, 2.24) is 4.57 Å². The first-order chi connectivity index (χ1) is 22.2. The summed E-state index contributed by atoms with van der Waals surface area (Å²) in [5.74, 6) is 0. The monoisotopic (exact) mass is 573 g/mol. The van der Waals surface area contributed by atoms with Gasteiger partial charge in [-0.05, 0) is 97.0 Å². The van der Waals surface area contributed by atoms with Crippen molar-refractivity contribution in [2.75, 3.05) is 0 Å². The van der Waals surface area contributed by atoms with Crippen LogP contribution in [0.15, 0.2) is 169 Å². The van der Waals surface area contributed by atoms with Gasteiger partial charge in [-0.3, -0.25) is 9.36 Å². The molecule has 0 radical (unpaired) electrons. The van der Waals surface area contributed by atoms with Crippen molar-refractivity contribution in [3.05, 3.63) is 174 Å². The van der Waals surface area contributed by atoms with E-state index in [0.717, 1.165) is 43.9 Å². The molecule has 0 saturated heterocycles. The maximum absolute atomic E-state index is 14.3. The lowest BCUT2D eigenvalue weighted by Gasteiger charge is -2.17. The van der Waals surface area contributed by atoms with Crippen LogP contribution >= 0.6 is 0 Å². The molecule has 0 bridgehead atoms. The van der Waals surface area contributed by atoms with Crippen LogP contribution in [0.3, 0.4) is 0 Å². The fourth-order valence-electron chi connectivity index (χ4n) is 6.97. The van der Waals surface area contributed by atoms with Crippen molar-refractivity contribution >= 4 is 54.0 Å². The minimum absolute atomic E-state index is 0.0111. The summed E-state index contributed by atoms with van der Waals surface area (Å²) < 4.78 is 1.91. The van der Waals surface area contributed by atoms with Gasteiger partial charge in [-0.25, -0.2) is 0 Å². The van der Waals surface area contributed by atoms with Crippen molar-refractivity contribution in [3.8, 4) is 27.9 Å². The largest absolute Gasteiger partial charge is 0.276 e. The number of nitrogens with zero attached hydrogens (tertiary/aromatic N) is 1. The first-order valence-electron chi connectivity index (χ1n) is 15.3. The van der Waals surface area contributed by atoms with Crippen LogP contribution < -0.4 is 5.56 Å². The van der Waals surface area contributed by atoms with E-state index in [2.05, 4.69) is 140 Å². The van der Waals surface area contributed by atoms with Crippen LogP contribution in [0.5, 0.6) is 0 Å². The zero-order chi connectivity index (χ0) is 29.9. The molecule has 0 aliphatic carbocycles. The van der Waals surface area contributed by atoms with Gasteiger partial charge in [0.25, 0.3) is 5.56 Å². The number of benzene rings is 8. The fraction of sp³-hybridized carbons (Fsp3) is 0. The van der Waals surface area contributed by atoms with Gasteiger partial charge in [0.05, 0.1) is 11.2 Å². The Morgan fingerprint density at radius 3 is 1.80 bits per heavy atom. The Morgan fingerprint density at radius 1 is 0.333 bits per heavy atom. The van der Waals surface area contributed by atoms with Crippen molar-refractivity contribution in [1.29, 1.82) is 0 Å². The van der Waals surface area contributed by atoms with Crippen molar-refractivity contribution in [3.63, 3.8) is 0 Å². The molecule has 1 heterocycles. The van der Waals surface area contributed by atoms with E-state index in [1.54, 1.807) is 0 Å². The van der Waals surface area contributed by atoms with Gasteiger partial charge in [0, 0.05) is 16.2 Å². The maximum Gasteiger partial charge on any atom is 0.263 e. The average Bonchev–Trinajstić information content (AvgIpc) is 3.11. The van der Waals surface area contributed by atoms with Crippen LogP contribution in [0, 0.1) is 0 Å². The topological polar surface area (TPSA) is 22.0 Å². The molecule has 0 fully saturated rings. The Morgan fingerprint density at radius 2 is 0.956 bits per heavy atom. The second-order valence-electron chi connectivity index (χ2n) is 11.7. The summed E-state index contributed by atoms with van der Waals surface area (Å²) >= 11 is 0. The first-order valence-corrected chi connectivity index (χ1v) is 15.3. The number of rotatable bonds is 3. The molecule has 0 N–H and O–H groups in total. The van der Waals surface area contributed by atoms with E-state index in [0.29, 0.717) is 5.39 Å². The van der Waals surface area contributed by atoms with Gasteiger partial charge in [-0.2, -0.15) is 0 Å². The Bertz CT molecular complexity index is 2670. The SMILES string of the molecule is O=c1c2ccccc2c2cc(-c3cccc(-c4ccccc4)c3)ccc2n1-c1cccc2c1ccc1cc3ccccc3cc12. The summed E-state index contributed by atoms with van der Waals surface area (Å²) in [4.78, 5) is 14.3. The van der Waals surface area contributed by atoms with Gasteiger partial charge < -0.3 is 0 Å². The highest BCUT2D eigenvalue weighted by molar-refractivity contribution is 6.15. The van der Waals surface area contributed by atoms with E-state index in [1.807, 2.05) is 28.8 Å². The van der Waals surface area contributed by atoms with E-state index in [4.69, 9.17) is 0 Å². The summed E-state index contributed by atoms with van der Waals surface area (Å²) in [6, 6.07) is 57.3. The zero-order valence-electron chi connectivity index (χ0n) is 24.4. The van der Waals surface area contributed by atoms with Crippen LogP contribution in [0.25, 0.3) is 81.9 Å². The van der Waals surface area contributed by atoms with Gasteiger partial charge in [0.15, 0.2) is 0 Å². The van der Waals surface area contributed by atoms with Gasteiger partial charge >= 0.3 is 0 Å². The molecule has 0 atom stereocenters. The highest BCUT2D eigenvalue weighted by atomic mass is 16.1. The van der Waals surface area contributed by atoms with E-state index in [9.17, 15) is 4.79 Å². The van der Waals surface area contributed by atoms with E-state index < -0.39 is 0 Å². The predicted octanol–water partition coefficient (Wildman–Crippen LogP) is 10.9. The van der Waals surface area contributed by atoms with Crippen molar-refractivity contribution in [2.45, 2.75) is 0 Å². The van der Waals surface area contributed by atoms with Gasteiger partial charge in [0.1, 0.15) is 0 Å². The number of hydrogen-bond donors (Lipinski definition) is 0. The molecule has 2 heteroatoms. The predicted molar refractivity (Wildman–Crippen MR) is 190 cm³/mol. The van der Waals surface area contributed by atoms with Crippen LogP contribution in [-0.4, -0.2) is 4.57 Å². The fourth-order valence-corrected chi connectivity index (χ4v) is 6.97. The average molecular weight is 574 g/mol. The molecule has 0 unspecified atom stereocenters. The summed E-state index contributed by atoms with van der Waals surface area (Å²) in [5, 5.41) is 9.73. The summed E-state index contributed by atoms with van der Waals surface area (Å²) in [6.45, 7) is 0. The molecule has 0 saturated carbocycles. The number of fused-ring (bicyclic) bond motifs is 7. The minimum Gasteiger partial charge on any atom is -0.276 e. The molecule has 9 rings (SSSR count). The number of pyridine rings is 1. The van der Waals surface area contributed by atoms with Crippen LogP contribution in [0.4, 0.5) is 0 Å². The Balaban J connectivity index is 1.31. The zero-order valence-corrected chi connectivity index (χ0v) is 24.4. The molecule has 0 aliphatic heterocycles. The third-order valence-corrected chi connectivity index (χ3v) is 9.15. The lowest BCUT2D eigenvalue weighted by Crippen LogP contribution is -2.19. The van der Waals surface area contributed by atoms with Gasteiger partial charge in [0.2, 0.25) is 0 Å². The molecule has 2 nitrogen and oxygen atoms in total. The number of aromatic nitrogens is 1. The van der Waals surface area contributed by atoms with Crippen molar-refractivity contribution in [2.24, 2.45) is 0 Å². The molecule has 45 heavy (non-hydrogen) atoms. The smallest absolute Gasteiger partial charge is 0.263 e. The van der Waals surface area contributed by atoms with Crippen LogP contribution in [0.2, 0.25) is 0 Å². The van der Waals surface area contributed by atoms with E-state index >= 15 is 0 Å². The van der Waals surface area contributed by atoms with Crippen LogP contribution in [0.1, 0.15) is 0 Å². The molecular weight excluding hydrogens is 546 g/mol. The standard InChI is InChI=1S/C43H27NO/c45-43-38-17-7-6-16-36(38)40-27-33(31-15-8-14-29(24-31)28-10-2-1-3-11-28)21-23-42(40)44(43)41-19-9-18-35-37(41)22-20-34-25-30-12-4-5-13-32(30)26-39(34)35/h1-27H. The van der Waals surface area contributed by atoms with Gasteiger partial charge in [-0.15, -0.1) is 0 Å². The van der Waals surface area contributed by atoms with Crippen molar-refractivity contribution < 1.29 is 0 Å². The molecule has 0 aliphatic rings. The summed E-state index contributed by atoms with van der Waals surface area (Å²) in [6.07, 6.45) is 0. The summed E-state index contributed by atoms with van der Waals surface area (Å²) in [7, 11) is 0. The highest BCUT2D eigenvalue weighted by Gasteiger charge is 2.16. The Labute approximate surface area is 260 Å². The highest BCUT2D eigenvalue weighted by Crippen LogP contribution is 2.36. The lowest BCUT2D eigenvalue weighted by molar-refractivity contribution is 1.07. The normalized spacial score (nSPS) is 11.6.